The molecule has 0 radical (unpaired) electrons. The van der Waals surface area contributed by atoms with Gasteiger partial charge in [0.25, 0.3) is 6.43 Å². The second-order valence-electron chi connectivity index (χ2n) is 2.47. The van der Waals surface area contributed by atoms with Crippen LogP contribution in [0.15, 0.2) is 12.3 Å². The van der Waals surface area contributed by atoms with Crippen molar-refractivity contribution in [1.82, 2.24) is 4.98 Å². The molecule has 2 nitrogen and oxygen atoms in total. The van der Waals surface area contributed by atoms with E-state index in [4.69, 9.17) is 16.7 Å². The maximum absolute atomic E-state index is 12.3. The van der Waals surface area contributed by atoms with Gasteiger partial charge in [0, 0.05) is 17.6 Å². The molecule has 0 fully saturated rings. The fourth-order valence-corrected chi connectivity index (χ4v) is 1.19. The van der Waals surface area contributed by atoms with Gasteiger partial charge in [-0.2, -0.15) is 0 Å². The molecule has 0 aromatic carbocycles. The van der Waals surface area contributed by atoms with Crippen LogP contribution in [-0.2, 0) is 12.5 Å². The molecule has 1 rings (SSSR count). The summed E-state index contributed by atoms with van der Waals surface area (Å²) in [4.78, 5) is 3.64. The monoisotopic (exact) mass is 207 g/mol. The van der Waals surface area contributed by atoms with E-state index in [1.165, 1.54) is 6.07 Å². The van der Waals surface area contributed by atoms with Crippen molar-refractivity contribution in [2.75, 3.05) is 0 Å². The minimum atomic E-state index is -2.58. The van der Waals surface area contributed by atoms with E-state index >= 15 is 0 Å². The maximum Gasteiger partial charge on any atom is 0.265 e. The largest absolute Gasteiger partial charge is 0.390 e. The predicted molar refractivity (Wildman–Crippen MR) is 44.7 cm³/mol. The second kappa shape index (κ2) is 4.48. The van der Waals surface area contributed by atoms with E-state index in [1.54, 1.807) is 0 Å². The summed E-state index contributed by atoms with van der Waals surface area (Å²) in [6.45, 7) is -0.270. The highest BCUT2D eigenvalue weighted by Crippen LogP contribution is 2.23. The molecule has 0 aliphatic heterocycles. The number of aliphatic hydroxyl groups is 1. The van der Waals surface area contributed by atoms with Crippen LogP contribution in [0.4, 0.5) is 8.78 Å². The Balaban J connectivity index is 3.08. The molecule has 1 heterocycles. The van der Waals surface area contributed by atoms with Crippen molar-refractivity contribution in [3.63, 3.8) is 0 Å². The normalized spacial score (nSPS) is 10.8. The number of aromatic nitrogens is 1. The van der Waals surface area contributed by atoms with Gasteiger partial charge < -0.3 is 5.11 Å². The molecule has 5 heteroatoms. The molecule has 0 saturated carbocycles. The summed E-state index contributed by atoms with van der Waals surface area (Å²) in [5.74, 6) is -0.00477. The van der Waals surface area contributed by atoms with Gasteiger partial charge in [-0.3, -0.25) is 4.98 Å². The summed E-state index contributed by atoms with van der Waals surface area (Å²) in [7, 11) is 0. The van der Waals surface area contributed by atoms with Crippen molar-refractivity contribution in [2.24, 2.45) is 0 Å². The Bertz CT molecular complexity index is 293. The molecule has 0 amide bonds. The molecule has 13 heavy (non-hydrogen) atoms. The molecule has 0 aliphatic carbocycles. The van der Waals surface area contributed by atoms with Gasteiger partial charge in [-0.15, -0.1) is 11.6 Å². The highest BCUT2D eigenvalue weighted by atomic mass is 35.5. The van der Waals surface area contributed by atoms with Crippen molar-refractivity contribution in [3.05, 3.63) is 29.1 Å². The van der Waals surface area contributed by atoms with Gasteiger partial charge in [0.2, 0.25) is 0 Å². The average Bonchev–Trinajstić information content (AvgIpc) is 2.16. The SMILES string of the molecule is OCc1cc(CCl)c(C(F)F)cn1. The fraction of sp³-hybridized carbons (Fsp3) is 0.375. The van der Waals surface area contributed by atoms with Crippen LogP contribution in [0.1, 0.15) is 23.2 Å². The summed E-state index contributed by atoms with van der Waals surface area (Å²) in [6, 6.07) is 1.38. The maximum atomic E-state index is 12.3. The van der Waals surface area contributed by atoms with Gasteiger partial charge in [-0.05, 0) is 11.6 Å². The van der Waals surface area contributed by atoms with Crippen molar-refractivity contribution in [1.29, 1.82) is 0 Å². The van der Waals surface area contributed by atoms with Crippen LogP contribution in [-0.4, -0.2) is 10.1 Å². The fourth-order valence-electron chi connectivity index (χ4n) is 0.956. The molecule has 72 valence electrons. The van der Waals surface area contributed by atoms with Crippen LogP contribution < -0.4 is 0 Å². The lowest BCUT2D eigenvalue weighted by molar-refractivity contribution is 0.150. The molecular formula is C8H8ClF2NO. The predicted octanol–water partition coefficient (Wildman–Crippen LogP) is 2.25. The summed E-state index contributed by atoms with van der Waals surface area (Å²) >= 11 is 5.46. The number of pyridine rings is 1. The topological polar surface area (TPSA) is 33.1 Å². The zero-order valence-corrected chi connectivity index (χ0v) is 7.43. The number of halogens is 3. The first-order chi connectivity index (χ1) is 6.19. The third-order valence-corrected chi connectivity index (χ3v) is 1.91. The van der Waals surface area contributed by atoms with Gasteiger partial charge in [0.1, 0.15) is 0 Å². The van der Waals surface area contributed by atoms with Crippen LogP contribution in [0, 0.1) is 0 Å². The number of alkyl halides is 3. The van der Waals surface area contributed by atoms with Crippen LogP contribution in [0.2, 0.25) is 0 Å². The van der Waals surface area contributed by atoms with Crippen LogP contribution in [0.3, 0.4) is 0 Å². The third-order valence-electron chi connectivity index (χ3n) is 1.62. The Morgan fingerprint density at radius 3 is 2.69 bits per heavy atom. The zero-order chi connectivity index (χ0) is 9.84. The Labute approximate surface area is 79.2 Å². The minimum absolute atomic E-state index is 0.00477. The lowest BCUT2D eigenvalue weighted by atomic mass is 10.1. The van der Waals surface area contributed by atoms with Gasteiger partial charge in [-0.1, -0.05) is 0 Å². The Morgan fingerprint density at radius 2 is 2.23 bits per heavy atom. The standard InChI is InChI=1S/C8H8ClF2NO/c9-2-5-1-6(4-13)12-3-7(5)8(10)11/h1,3,8,13H,2,4H2. The molecule has 0 unspecified atom stereocenters. The molecule has 1 N–H and O–H groups in total. The molecule has 0 spiro atoms. The smallest absolute Gasteiger partial charge is 0.265 e. The lowest BCUT2D eigenvalue weighted by Crippen LogP contribution is -1.98. The average molecular weight is 208 g/mol. The summed E-state index contributed by atoms with van der Waals surface area (Å²) in [6.07, 6.45) is -1.53. The Kier molecular flexibility index (Phi) is 3.57. The highest BCUT2D eigenvalue weighted by Gasteiger charge is 2.13. The van der Waals surface area contributed by atoms with E-state index in [0.717, 1.165) is 6.20 Å². The molecule has 0 atom stereocenters. The van der Waals surface area contributed by atoms with Gasteiger partial charge >= 0.3 is 0 Å². The molecule has 0 saturated heterocycles. The number of hydrogen-bond donors (Lipinski definition) is 1. The molecule has 0 aliphatic rings. The van der Waals surface area contributed by atoms with Gasteiger partial charge in [0.05, 0.1) is 12.3 Å². The first kappa shape index (κ1) is 10.3. The Morgan fingerprint density at radius 1 is 1.54 bits per heavy atom. The summed E-state index contributed by atoms with van der Waals surface area (Å²) in [5, 5.41) is 8.69. The van der Waals surface area contributed by atoms with E-state index in [9.17, 15) is 8.78 Å². The van der Waals surface area contributed by atoms with Crippen molar-refractivity contribution in [2.45, 2.75) is 18.9 Å². The van der Waals surface area contributed by atoms with E-state index in [1.807, 2.05) is 0 Å². The van der Waals surface area contributed by atoms with E-state index in [2.05, 4.69) is 4.98 Å². The number of rotatable bonds is 3. The zero-order valence-electron chi connectivity index (χ0n) is 6.67. The van der Waals surface area contributed by atoms with Crippen LogP contribution in [0.5, 0.6) is 0 Å². The first-order valence-electron chi connectivity index (χ1n) is 3.61. The van der Waals surface area contributed by atoms with E-state index < -0.39 is 6.43 Å². The third kappa shape index (κ3) is 2.35. The quantitative estimate of drug-likeness (QED) is 0.772. The molecule has 0 bridgehead atoms. The van der Waals surface area contributed by atoms with Crippen molar-refractivity contribution < 1.29 is 13.9 Å². The van der Waals surface area contributed by atoms with Gasteiger partial charge in [-0.25, -0.2) is 8.78 Å². The summed E-state index contributed by atoms with van der Waals surface area (Å²) in [5.41, 5.74) is 0.489. The summed E-state index contributed by atoms with van der Waals surface area (Å²) < 4.78 is 24.6. The number of aliphatic hydroxyl groups excluding tert-OH is 1. The first-order valence-corrected chi connectivity index (χ1v) is 4.15. The highest BCUT2D eigenvalue weighted by molar-refractivity contribution is 6.17. The number of hydrogen-bond acceptors (Lipinski definition) is 2. The van der Waals surface area contributed by atoms with Crippen LogP contribution >= 0.6 is 11.6 Å². The van der Waals surface area contributed by atoms with E-state index in [0.29, 0.717) is 11.3 Å². The minimum Gasteiger partial charge on any atom is -0.390 e. The second-order valence-corrected chi connectivity index (χ2v) is 2.73. The Hall–Kier alpha value is -0.740. The molecule has 1 aromatic rings. The van der Waals surface area contributed by atoms with Crippen molar-refractivity contribution in [3.8, 4) is 0 Å². The van der Waals surface area contributed by atoms with E-state index in [-0.39, 0.29) is 18.1 Å². The van der Waals surface area contributed by atoms with Crippen molar-refractivity contribution >= 4 is 11.6 Å². The molecular weight excluding hydrogens is 200 g/mol. The lowest BCUT2D eigenvalue weighted by Gasteiger charge is -2.06. The number of nitrogens with zero attached hydrogens (tertiary/aromatic N) is 1. The van der Waals surface area contributed by atoms with Crippen LogP contribution in [0.25, 0.3) is 0 Å². The van der Waals surface area contributed by atoms with Gasteiger partial charge in [0.15, 0.2) is 0 Å². The molecule has 1 aromatic heterocycles.